The summed E-state index contributed by atoms with van der Waals surface area (Å²) in [6.45, 7) is 1.17. The fourth-order valence-corrected chi connectivity index (χ4v) is 1.80. The van der Waals surface area contributed by atoms with Crippen LogP contribution in [0, 0.1) is 5.92 Å². The van der Waals surface area contributed by atoms with Crippen molar-refractivity contribution in [2.45, 2.75) is 12.6 Å². The first kappa shape index (κ1) is 9.46. The summed E-state index contributed by atoms with van der Waals surface area (Å²) < 4.78 is 19.1. The second-order valence-corrected chi connectivity index (χ2v) is 3.65. The van der Waals surface area contributed by atoms with Gasteiger partial charge in [-0.25, -0.2) is 4.39 Å². The van der Waals surface area contributed by atoms with Crippen LogP contribution in [-0.2, 0) is 4.74 Å². The Hall–Kier alpha value is -1.09. The van der Waals surface area contributed by atoms with Gasteiger partial charge in [0.15, 0.2) is 0 Å². The molecule has 1 fully saturated rings. The summed E-state index contributed by atoms with van der Waals surface area (Å²) in [5.41, 5.74) is 6.84. The number of hydrogen-bond acceptors (Lipinski definition) is 2. The van der Waals surface area contributed by atoms with Crippen LogP contribution in [0.25, 0.3) is 0 Å². The van der Waals surface area contributed by atoms with Gasteiger partial charge in [-0.1, -0.05) is 18.2 Å². The lowest BCUT2D eigenvalue weighted by atomic mass is 9.95. The molecular formula is C11H14FNO. The van der Waals surface area contributed by atoms with Crippen molar-refractivity contribution in [2.24, 2.45) is 5.92 Å². The molecular weight excluding hydrogens is 181 g/mol. The van der Waals surface area contributed by atoms with Crippen molar-refractivity contribution < 1.29 is 9.13 Å². The van der Waals surface area contributed by atoms with E-state index in [4.69, 9.17) is 10.5 Å². The number of anilines is 1. The lowest BCUT2D eigenvalue weighted by Crippen LogP contribution is -2.10. The van der Waals surface area contributed by atoms with E-state index in [0.29, 0.717) is 24.5 Å². The van der Waals surface area contributed by atoms with Gasteiger partial charge in [-0.2, -0.15) is 0 Å². The van der Waals surface area contributed by atoms with Crippen LogP contribution in [0.5, 0.6) is 0 Å². The number of alkyl halides is 1. The summed E-state index contributed by atoms with van der Waals surface area (Å²) >= 11 is 0. The molecule has 1 aromatic carbocycles. The third-order valence-electron chi connectivity index (χ3n) is 2.67. The topological polar surface area (TPSA) is 35.2 Å². The molecule has 0 saturated carbocycles. The van der Waals surface area contributed by atoms with Gasteiger partial charge in [-0.3, -0.25) is 0 Å². The number of rotatable bonds is 2. The second-order valence-electron chi connectivity index (χ2n) is 3.65. The molecule has 1 heterocycles. The molecule has 0 aromatic heterocycles. The fraction of sp³-hybridized carbons (Fsp3) is 0.455. The van der Waals surface area contributed by atoms with Crippen LogP contribution in [0.4, 0.5) is 10.1 Å². The Morgan fingerprint density at radius 3 is 2.86 bits per heavy atom. The monoisotopic (exact) mass is 195 g/mol. The molecule has 3 heteroatoms. The van der Waals surface area contributed by atoms with Crippen LogP contribution >= 0.6 is 0 Å². The van der Waals surface area contributed by atoms with Crippen molar-refractivity contribution in [3.8, 4) is 0 Å². The number of benzene rings is 1. The van der Waals surface area contributed by atoms with Crippen LogP contribution in [0.15, 0.2) is 24.3 Å². The molecule has 2 N–H and O–H groups in total. The molecule has 0 radical (unpaired) electrons. The van der Waals surface area contributed by atoms with Crippen LogP contribution in [0.3, 0.4) is 0 Å². The fourth-order valence-electron chi connectivity index (χ4n) is 1.80. The average molecular weight is 195 g/mol. The minimum absolute atomic E-state index is 0.0281. The van der Waals surface area contributed by atoms with E-state index in [1.54, 1.807) is 12.1 Å². The van der Waals surface area contributed by atoms with Crippen molar-refractivity contribution in [1.29, 1.82) is 0 Å². The van der Waals surface area contributed by atoms with Gasteiger partial charge in [0.1, 0.15) is 6.17 Å². The lowest BCUT2D eigenvalue weighted by Gasteiger charge is -2.15. The average Bonchev–Trinajstić information content (AvgIpc) is 2.70. The van der Waals surface area contributed by atoms with Gasteiger partial charge >= 0.3 is 0 Å². The Kier molecular flexibility index (Phi) is 2.68. The Labute approximate surface area is 82.9 Å². The van der Waals surface area contributed by atoms with Crippen LogP contribution in [0.2, 0.25) is 0 Å². The first-order valence-electron chi connectivity index (χ1n) is 4.85. The van der Waals surface area contributed by atoms with E-state index in [-0.39, 0.29) is 5.92 Å². The molecule has 2 unspecified atom stereocenters. The lowest BCUT2D eigenvalue weighted by molar-refractivity contribution is 0.156. The van der Waals surface area contributed by atoms with Crippen molar-refractivity contribution >= 4 is 5.69 Å². The van der Waals surface area contributed by atoms with Gasteiger partial charge in [-0.05, 0) is 12.5 Å². The molecule has 14 heavy (non-hydrogen) atoms. The Morgan fingerprint density at radius 1 is 1.43 bits per heavy atom. The SMILES string of the molecule is Nc1ccccc1C(F)C1CCOC1. The van der Waals surface area contributed by atoms with Crippen molar-refractivity contribution in [1.82, 2.24) is 0 Å². The molecule has 1 aliphatic rings. The number of hydrogen-bond donors (Lipinski definition) is 1. The molecule has 1 saturated heterocycles. The van der Waals surface area contributed by atoms with Gasteiger partial charge in [0.25, 0.3) is 0 Å². The molecule has 0 amide bonds. The minimum atomic E-state index is -0.987. The number of ether oxygens (including phenoxy) is 1. The summed E-state index contributed by atoms with van der Waals surface area (Å²) in [5, 5.41) is 0. The first-order valence-corrected chi connectivity index (χ1v) is 4.85. The summed E-state index contributed by atoms with van der Waals surface area (Å²) in [6, 6.07) is 7.11. The predicted octanol–water partition coefficient (Wildman–Crippen LogP) is 2.32. The molecule has 0 bridgehead atoms. The molecule has 0 aliphatic carbocycles. The molecule has 2 atom stereocenters. The van der Waals surface area contributed by atoms with Gasteiger partial charge in [0, 0.05) is 23.8 Å². The highest BCUT2D eigenvalue weighted by atomic mass is 19.1. The highest BCUT2D eigenvalue weighted by molar-refractivity contribution is 5.47. The summed E-state index contributed by atoms with van der Waals surface area (Å²) in [5.74, 6) is -0.0281. The minimum Gasteiger partial charge on any atom is -0.398 e. The molecule has 76 valence electrons. The Morgan fingerprint density at radius 2 is 2.21 bits per heavy atom. The smallest absolute Gasteiger partial charge is 0.132 e. The largest absolute Gasteiger partial charge is 0.398 e. The first-order chi connectivity index (χ1) is 6.79. The van der Waals surface area contributed by atoms with E-state index >= 15 is 0 Å². The highest BCUT2D eigenvalue weighted by Gasteiger charge is 2.27. The molecule has 2 nitrogen and oxygen atoms in total. The van der Waals surface area contributed by atoms with Crippen molar-refractivity contribution in [2.75, 3.05) is 18.9 Å². The van der Waals surface area contributed by atoms with E-state index in [0.717, 1.165) is 6.42 Å². The molecule has 2 rings (SSSR count). The zero-order chi connectivity index (χ0) is 9.97. The van der Waals surface area contributed by atoms with Crippen molar-refractivity contribution in [3.05, 3.63) is 29.8 Å². The van der Waals surface area contributed by atoms with E-state index < -0.39 is 6.17 Å². The molecule has 0 spiro atoms. The number of nitrogens with two attached hydrogens (primary N) is 1. The zero-order valence-corrected chi connectivity index (χ0v) is 7.95. The number of para-hydroxylation sites is 1. The Bertz CT molecular complexity index is 310. The third kappa shape index (κ3) is 1.73. The predicted molar refractivity (Wildman–Crippen MR) is 53.6 cm³/mol. The third-order valence-corrected chi connectivity index (χ3v) is 2.67. The van der Waals surface area contributed by atoms with Crippen molar-refractivity contribution in [3.63, 3.8) is 0 Å². The zero-order valence-electron chi connectivity index (χ0n) is 7.95. The quantitative estimate of drug-likeness (QED) is 0.735. The normalized spacial score (nSPS) is 23.6. The van der Waals surface area contributed by atoms with Gasteiger partial charge in [0.2, 0.25) is 0 Å². The molecule has 1 aromatic rings. The maximum atomic E-state index is 13.9. The maximum Gasteiger partial charge on any atom is 0.132 e. The number of halogens is 1. The van der Waals surface area contributed by atoms with E-state index in [1.807, 2.05) is 12.1 Å². The summed E-state index contributed by atoms with van der Waals surface area (Å²) in [6.07, 6.45) is -0.200. The highest BCUT2D eigenvalue weighted by Crippen LogP contribution is 2.34. The van der Waals surface area contributed by atoms with Crippen LogP contribution in [-0.4, -0.2) is 13.2 Å². The second kappa shape index (κ2) is 3.96. The summed E-state index contributed by atoms with van der Waals surface area (Å²) in [7, 11) is 0. The van der Waals surface area contributed by atoms with E-state index in [1.165, 1.54) is 0 Å². The standard InChI is InChI=1S/C11H14FNO/c12-11(8-5-6-14-7-8)9-3-1-2-4-10(9)13/h1-4,8,11H,5-7,13H2. The van der Waals surface area contributed by atoms with Crippen LogP contribution in [0.1, 0.15) is 18.2 Å². The molecule has 1 aliphatic heterocycles. The maximum absolute atomic E-state index is 13.9. The van der Waals surface area contributed by atoms with Gasteiger partial charge < -0.3 is 10.5 Å². The van der Waals surface area contributed by atoms with Gasteiger partial charge in [-0.15, -0.1) is 0 Å². The summed E-state index contributed by atoms with van der Waals surface area (Å²) in [4.78, 5) is 0. The number of nitrogen functional groups attached to an aromatic ring is 1. The van der Waals surface area contributed by atoms with E-state index in [9.17, 15) is 4.39 Å². The van der Waals surface area contributed by atoms with E-state index in [2.05, 4.69) is 0 Å². The Balaban J connectivity index is 2.17. The van der Waals surface area contributed by atoms with Crippen LogP contribution < -0.4 is 5.73 Å². The van der Waals surface area contributed by atoms with Gasteiger partial charge in [0.05, 0.1) is 6.61 Å².